The quantitative estimate of drug-likeness (QED) is 0.412. The summed E-state index contributed by atoms with van der Waals surface area (Å²) < 4.78 is 0. The summed E-state index contributed by atoms with van der Waals surface area (Å²) in [5, 5.41) is 5.55. The van der Waals surface area contributed by atoms with Crippen LogP contribution in [0, 0.1) is 0 Å². The average molecular weight is 124 g/mol. The summed E-state index contributed by atoms with van der Waals surface area (Å²) >= 11 is 0. The van der Waals surface area contributed by atoms with E-state index in [1.807, 2.05) is 14.0 Å². The van der Waals surface area contributed by atoms with Crippen molar-refractivity contribution in [2.24, 2.45) is 5.10 Å². The number of hydrogen-bond acceptors (Lipinski definition) is 2. The fourth-order valence-electron chi connectivity index (χ4n) is 0.237. The third-order valence-corrected chi connectivity index (χ3v) is 0.724. The van der Waals surface area contributed by atoms with Gasteiger partial charge in [-0.25, -0.2) is 0 Å². The molecule has 0 atom stereocenters. The molecule has 0 fully saturated rings. The molecule has 0 N–H and O–H groups in total. The molecule has 0 rings (SSSR count). The lowest BCUT2D eigenvalue weighted by Crippen LogP contribution is -1.99. The molecule has 0 aromatic rings. The number of hydrazone groups is 1. The first-order chi connectivity index (χ1) is 4.16. The summed E-state index contributed by atoms with van der Waals surface area (Å²) in [6.07, 6.45) is 3.31. The highest BCUT2D eigenvalue weighted by atomic mass is 15.4. The topological polar surface area (TPSA) is 15.6 Å². The molecule has 0 saturated heterocycles. The van der Waals surface area contributed by atoms with Crippen molar-refractivity contribution in [2.75, 3.05) is 7.05 Å². The molecule has 2 heteroatoms. The number of hydrogen-bond donors (Lipinski definition) is 0. The molecule has 0 unspecified atom stereocenters. The van der Waals surface area contributed by atoms with Crippen LogP contribution < -0.4 is 0 Å². The van der Waals surface area contributed by atoms with Gasteiger partial charge in [0, 0.05) is 19.5 Å². The molecular formula is C7H12N2. The van der Waals surface area contributed by atoms with Gasteiger partial charge in [0.1, 0.15) is 0 Å². The molecule has 2 nitrogen and oxygen atoms in total. The van der Waals surface area contributed by atoms with Gasteiger partial charge < -0.3 is 0 Å². The lowest BCUT2D eigenvalue weighted by Gasteiger charge is -2.02. The van der Waals surface area contributed by atoms with Crippen LogP contribution in [0.15, 0.2) is 30.0 Å². The minimum atomic E-state index is 0.934. The smallest absolute Gasteiger partial charge is 0.0497 e. The maximum Gasteiger partial charge on any atom is 0.0497 e. The van der Waals surface area contributed by atoms with Crippen molar-refractivity contribution < 1.29 is 0 Å². The van der Waals surface area contributed by atoms with Gasteiger partial charge in [-0.2, -0.15) is 5.10 Å². The van der Waals surface area contributed by atoms with Gasteiger partial charge in [0.05, 0.1) is 0 Å². The predicted octanol–water partition coefficient (Wildman–Crippen LogP) is 1.62. The van der Waals surface area contributed by atoms with Crippen molar-refractivity contribution >= 4 is 6.21 Å². The minimum Gasteiger partial charge on any atom is -0.276 e. The van der Waals surface area contributed by atoms with E-state index in [1.54, 1.807) is 17.4 Å². The van der Waals surface area contributed by atoms with Gasteiger partial charge in [0.25, 0.3) is 0 Å². The van der Waals surface area contributed by atoms with Gasteiger partial charge in [0.15, 0.2) is 0 Å². The predicted molar refractivity (Wildman–Crippen MR) is 41.3 cm³/mol. The second-order valence-corrected chi connectivity index (χ2v) is 1.85. The summed E-state index contributed by atoms with van der Waals surface area (Å²) in [6, 6.07) is 0. The fraction of sp³-hybridized carbons (Fsp3) is 0.286. The Morgan fingerprint density at radius 2 is 2.22 bits per heavy atom. The average Bonchev–Trinajstić information content (AvgIpc) is 1.83. The van der Waals surface area contributed by atoms with E-state index in [2.05, 4.69) is 18.3 Å². The Morgan fingerprint density at radius 1 is 1.67 bits per heavy atom. The van der Waals surface area contributed by atoms with Crippen molar-refractivity contribution in [1.29, 1.82) is 0 Å². The van der Waals surface area contributed by atoms with Gasteiger partial charge >= 0.3 is 0 Å². The van der Waals surface area contributed by atoms with Crippen molar-refractivity contribution in [2.45, 2.75) is 6.92 Å². The first-order valence-corrected chi connectivity index (χ1v) is 2.71. The fourth-order valence-corrected chi connectivity index (χ4v) is 0.237. The molecule has 0 heterocycles. The Kier molecular flexibility index (Phi) is 3.44. The lowest BCUT2D eigenvalue weighted by molar-refractivity contribution is 0.495. The Morgan fingerprint density at radius 3 is 2.56 bits per heavy atom. The molecule has 0 aliphatic heterocycles. The zero-order valence-corrected chi connectivity index (χ0v) is 5.96. The van der Waals surface area contributed by atoms with E-state index in [0.717, 1.165) is 5.57 Å². The molecule has 0 aliphatic rings. The van der Waals surface area contributed by atoms with Crippen LogP contribution in [-0.4, -0.2) is 18.3 Å². The van der Waals surface area contributed by atoms with Crippen molar-refractivity contribution in [1.82, 2.24) is 5.01 Å². The van der Waals surface area contributed by atoms with E-state index < -0.39 is 0 Å². The standard InChI is InChI=1S/C7H12N2/c1-5-9(4)8-6-7(2)3/h5-6H,1-2H2,3-4H3/b8-6-. The van der Waals surface area contributed by atoms with Gasteiger partial charge in [-0.05, 0) is 12.5 Å². The van der Waals surface area contributed by atoms with Crippen LogP contribution in [0.1, 0.15) is 6.92 Å². The summed E-state index contributed by atoms with van der Waals surface area (Å²) in [5.74, 6) is 0. The Bertz CT molecular complexity index is 136. The van der Waals surface area contributed by atoms with Crippen LogP contribution in [0.25, 0.3) is 0 Å². The Hall–Kier alpha value is -1.05. The molecule has 50 valence electrons. The molecule has 0 aromatic heterocycles. The first-order valence-electron chi connectivity index (χ1n) is 2.71. The monoisotopic (exact) mass is 124 g/mol. The van der Waals surface area contributed by atoms with Crippen LogP contribution in [-0.2, 0) is 0 Å². The van der Waals surface area contributed by atoms with Crippen LogP contribution in [0.3, 0.4) is 0 Å². The summed E-state index contributed by atoms with van der Waals surface area (Å²) in [6.45, 7) is 9.06. The zero-order valence-electron chi connectivity index (χ0n) is 5.96. The number of nitrogens with zero attached hydrogens (tertiary/aromatic N) is 2. The van der Waals surface area contributed by atoms with Gasteiger partial charge in [-0.1, -0.05) is 13.2 Å². The number of allylic oxidation sites excluding steroid dienone is 1. The molecule has 0 bridgehead atoms. The van der Waals surface area contributed by atoms with Crippen LogP contribution >= 0.6 is 0 Å². The van der Waals surface area contributed by atoms with Gasteiger partial charge in [0.2, 0.25) is 0 Å². The third-order valence-electron chi connectivity index (χ3n) is 0.724. The van der Waals surface area contributed by atoms with E-state index in [9.17, 15) is 0 Å². The van der Waals surface area contributed by atoms with Crippen molar-refractivity contribution in [3.63, 3.8) is 0 Å². The SMILES string of the molecule is C=CN(C)/N=C\C(=C)C. The highest BCUT2D eigenvalue weighted by Gasteiger charge is 1.78. The highest BCUT2D eigenvalue weighted by Crippen LogP contribution is 1.84. The van der Waals surface area contributed by atoms with Crippen molar-refractivity contribution in [3.8, 4) is 0 Å². The molecule has 0 spiro atoms. The molecular weight excluding hydrogens is 112 g/mol. The minimum absolute atomic E-state index is 0.934. The van der Waals surface area contributed by atoms with E-state index in [1.165, 1.54) is 0 Å². The number of rotatable bonds is 3. The normalized spacial score (nSPS) is 9.56. The summed E-state index contributed by atoms with van der Waals surface area (Å²) in [4.78, 5) is 0. The maximum atomic E-state index is 3.93. The van der Waals surface area contributed by atoms with Gasteiger partial charge in [-0.15, -0.1) is 0 Å². The van der Waals surface area contributed by atoms with E-state index >= 15 is 0 Å². The third kappa shape index (κ3) is 4.81. The van der Waals surface area contributed by atoms with E-state index in [4.69, 9.17) is 0 Å². The Labute approximate surface area is 56.2 Å². The Balaban J connectivity index is 3.69. The van der Waals surface area contributed by atoms with Gasteiger partial charge in [-0.3, -0.25) is 5.01 Å². The van der Waals surface area contributed by atoms with Crippen LogP contribution in [0.2, 0.25) is 0 Å². The lowest BCUT2D eigenvalue weighted by atomic mass is 10.4. The van der Waals surface area contributed by atoms with E-state index in [-0.39, 0.29) is 0 Å². The molecule has 0 aromatic carbocycles. The second-order valence-electron chi connectivity index (χ2n) is 1.85. The maximum absolute atomic E-state index is 3.93. The largest absolute Gasteiger partial charge is 0.276 e. The molecule has 0 amide bonds. The summed E-state index contributed by atoms with van der Waals surface area (Å²) in [5.41, 5.74) is 0.934. The molecule has 9 heavy (non-hydrogen) atoms. The van der Waals surface area contributed by atoms with Crippen LogP contribution in [0.4, 0.5) is 0 Å². The second kappa shape index (κ2) is 3.89. The first kappa shape index (κ1) is 7.95. The summed E-state index contributed by atoms with van der Waals surface area (Å²) in [7, 11) is 1.81. The highest BCUT2D eigenvalue weighted by molar-refractivity contribution is 5.76. The zero-order chi connectivity index (χ0) is 7.28. The molecule has 0 aliphatic carbocycles. The molecule has 0 saturated carbocycles. The van der Waals surface area contributed by atoms with E-state index in [0.29, 0.717) is 0 Å². The molecule has 0 radical (unpaired) electrons. The van der Waals surface area contributed by atoms with Crippen molar-refractivity contribution in [3.05, 3.63) is 24.9 Å². The van der Waals surface area contributed by atoms with Crippen LogP contribution in [0.5, 0.6) is 0 Å².